The number of nitrogens with zero attached hydrogens (tertiary/aromatic N) is 8. The maximum absolute atomic E-state index is 13.6. The van der Waals surface area contributed by atoms with Crippen molar-refractivity contribution in [2.24, 2.45) is 0 Å². The van der Waals surface area contributed by atoms with E-state index in [1.165, 1.54) is 81.9 Å². The van der Waals surface area contributed by atoms with Gasteiger partial charge in [-0.1, -0.05) is 58.4 Å². The van der Waals surface area contributed by atoms with Crippen molar-refractivity contribution in [1.82, 2.24) is 48.9 Å². The fourth-order valence-corrected chi connectivity index (χ4v) is 13.6. The second-order valence-electron chi connectivity index (χ2n) is 23.3. The smallest absolute Gasteiger partial charge is 0.399 e. The first kappa shape index (κ1) is 66.4. The Balaban J connectivity index is 0.000000151. The van der Waals surface area contributed by atoms with E-state index in [0.717, 1.165) is 37.4 Å². The van der Waals surface area contributed by atoms with Gasteiger partial charge in [-0.25, -0.2) is 54.3 Å². The molecule has 3 fully saturated rings. The van der Waals surface area contributed by atoms with Gasteiger partial charge in [-0.15, -0.1) is 0 Å². The van der Waals surface area contributed by atoms with E-state index in [0.29, 0.717) is 51.6 Å². The van der Waals surface area contributed by atoms with Crippen LogP contribution in [0.3, 0.4) is 0 Å². The Kier molecular flexibility index (Phi) is 19.7. The topological polar surface area (TPSA) is 284 Å². The summed E-state index contributed by atoms with van der Waals surface area (Å²) in [6.07, 6.45) is 1.22. The van der Waals surface area contributed by atoms with Crippen LogP contribution in [0.2, 0.25) is 0 Å². The van der Waals surface area contributed by atoms with Crippen LogP contribution < -0.4 is 26.7 Å². The number of hydrogen-bond acceptors (Lipinski definition) is 16. The summed E-state index contributed by atoms with van der Waals surface area (Å²) in [6, 6.07) is 39.0. The van der Waals surface area contributed by atoms with Crippen LogP contribution in [-0.4, -0.2) is 134 Å². The minimum atomic E-state index is -3.74. The van der Waals surface area contributed by atoms with Gasteiger partial charge in [0.1, 0.15) is 48.3 Å². The number of H-pyrrole nitrogens is 2. The lowest BCUT2D eigenvalue weighted by molar-refractivity contribution is -0.116. The standard InChI is InChI=1S/C29H25F2N7O3S.C19H14BrFN6O.C16H23BFNO4S/c30-20-2-1-3-22(13-20)34-28(39)15-23-14-27(37-36-23)35-29-25-9-6-19(12-26(25)32-17-33-29)18-4-7-24(8-5-18)42(40,41)38-11-10-21(31)16-38;20-11-4-5-15-16(6-11)22-10-23-19(15)25-17-8-14(26-27-17)9-18(28)24-13-3-1-2-12(21)7-13;1-15(2)16(3,4)23-17(22-15)12-5-7-14(8-6-12)24(20,21)19-10-9-13(18)11-19/h1-9,12-14,17,21H,10-11,15-16H2,(H,34,39)(H2,32,33,35,36,37);1-8,10H,9H2,(H,24,28)(H2,22,23,25,26,27);5-8,13H,9-11H2,1-4H3/t21-;;13-/m1.1/s1. The normalized spacial score (nSPS) is 17.1. The van der Waals surface area contributed by atoms with Crippen LogP contribution in [0.25, 0.3) is 32.9 Å². The lowest BCUT2D eigenvalue weighted by atomic mass is 9.79. The van der Waals surface area contributed by atoms with Gasteiger partial charge >= 0.3 is 7.12 Å². The number of benzene rings is 6. The summed E-state index contributed by atoms with van der Waals surface area (Å²) < 4.78 is 119. The predicted molar refractivity (Wildman–Crippen MR) is 352 cm³/mol. The summed E-state index contributed by atoms with van der Waals surface area (Å²) in [4.78, 5) is 42.0. The Hall–Kier alpha value is -9.04. The number of carbonyl (C=O) groups is 2. The first-order valence-corrected chi connectivity index (χ1v) is 33.2. The van der Waals surface area contributed by atoms with E-state index in [1.807, 2.05) is 64.1 Å². The Morgan fingerprint density at radius 3 is 1.49 bits per heavy atom. The SMILES string of the molecule is CC1(C)OB(c2ccc(S(=O)(=O)N3CC[C@@H](F)C3)cc2)OC1(C)C.O=C(Cc1cc(Nc2ncnc3cc(-c4ccc(S(=O)(=O)N5CC[C@@H](F)C5)cc4)ccc23)n[nH]1)Nc1cccc(F)c1.O=C(Cc1cc(Nc2ncnc3cc(Br)ccc23)n[nH]1)Nc1cccc(F)c1. The Morgan fingerprint density at radius 1 is 0.585 bits per heavy atom. The number of anilines is 6. The van der Waals surface area contributed by atoms with E-state index in [-0.39, 0.29) is 73.5 Å². The minimum absolute atomic E-state index is 0.00751. The van der Waals surface area contributed by atoms with E-state index in [9.17, 15) is 44.0 Å². The maximum atomic E-state index is 13.6. The average Bonchev–Trinajstić information content (AvgIpc) is 1.04. The lowest BCUT2D eigenvalue weighted by Gasteiger charge is -2.32. The molecule has 0 unspecified atom stereocenters. The summed E-state index contributed by atoms with van der Waals surface area (Å²) in [5.74, 6) is 0.633. The number of alkyl halides is 2. The van der Waals surface area contributed by atoms with Gasteiger partial charge in [0.25, 0.3) is 0 Å². The van der Waals surface area contributed by atoms with Crippen LogP contribution in [0, 0.1) is 11.6 Å². The van der Waals surface area contributed by atoms with Gasteiger partial charge < -0.3 is 30.6 Å². The van der Waals surface area contributed by atoms with Crippen LogP contribution >= 0.6 is 15.9 Å². The molecule has 486 valence electrons. The van der Waals surface area contributed by atoms with Gasteiger partial charge in [0.15, 0.2) is 11.6 Å². The first-order valence-electron chi connectivity index (χ1n) is 29.6. The van der Waals surface area contributed by atoms with Crippen molar-refractivity contribution in [3.8, 4) is 11.1 Å². The van der Waals surface area contributed by atoms with Crippen LogP contribution in [0.4, 0.5) is 52.2 Å². The summed E-state index contributed by atoms with van der Waals surface area (Å²) in [5.41, 5.74) is 4.85. The summed E-state index contributed by atoms with van der Waals surface area (Å²) in [7, 11) is -7.92. The fraction of sp³-hybridized carbons (Fsp3) is 0.250. The van der Waals surface area contributed by atoms with Crippen molar-refractivity contribution in [1.29, 1.82) is 0 Å². The number of rotatable bonds is 16. The Morgan fingerprint density at radius 2 is 1.03 bits per heavy atom. The summed E-state index contributed by atoms with van der Waals surface area (Å²) >= 11 is 3.42. The molecule has 6 aromatic carbocycles. The third-order valence-electron chi connectivity index (χ3n) is 16.0. The molecule has 0 bridgehead atoms. The van der Waals surface area contributed by atoms with Gasteiger partial charge in [-0.2, -0.15) is 18.8 Å². The third kappa shape index (κ3) is 15.8. The number of amides is 2. The van der Waals surface area contributed by atoms with Gasteiger partial charge in [-0.05, 0) is 148 Å². The molecule has 10 aromatic rings. The van der Waals surface area contributed by atoms with E-state index < -0.39 is 62.3 Å². The number of fused-ring (bicyclic) bond motifs is 2. The predicted octanol–water partition coefficient (Wildman–Crippen LogP) is 10.7. The molecule has 3 aliphatic heterocycles. The second kappa shape index (κ2) is 27.9. The van der Waals surface area contributed by atoms with E-state index >= 15 is 0 Å². The van der Waals surface area contributed by atoms with E-state index in [2.05, 4.69) is 77.5 Å². The molecule has 3 saturated heterocycles. The average molecular weight is 1390 g/mol. The molecule has 2 atom stereocenters. The monoisotopic (exact) mass is 1380 g/mol. The minimum Gasteiger partial charge on any atom is -0.399 e. The molecule has 6 N–H and O–H groups in total. The maximum Gasteiger partial charge on any atom is 0.494 e. The largest absolute Gasteiger partial charge is 0.494 e. The van der Waals surface area contributed by atoms with Gasteiger partial charge in [-0.3, -0.25) is 19.8 Å². The molecule has 0 radical (unpaired) electrons. The molecule has 0 saturated carbocycles. The van der Waals surface area contributed by atoms with Gasteiger partial charge in [0.2, 0.25) is 31.9 Å². The number of aromatic amines is 2. The van der Waals surface area contributed by atoms with Crippen LogP contribution in [0.15, 0.2) is 173 Å². The highest BCUT2D eigenvalue weighted by molar-refractivity contribution is 9.10. The second-order valence-corrected chi connectivity index (χ2v) is 28.1. The van der Waals surface area contributed by atoms with Gasteiger partial charge in [0.05, 0.1) is 44.9 Å². The van der Waals surface area contributed by atoms with Crippen LogP contribution in [0.5, 0.6) is 0 Å². The number of carbonyl (C=O) groups excluding carboxylic acids is 2. The Labute approximate surface area is 547 Å². The number of sulfonamides is 2. The van der Waals surface area contributed by atoms with Crippen LogP contribution in [-0.2, 0) is 51.8 Å². The third-order valence-corrected chi connectivity index (χ3v) is 20.2. The zero-order valence-corrected chi connectivity index (χ0v) is 54.2. The molecular formula is C64H62BBrF4N14O8S2. The van der Waals surface area contributed by atoms with Crippen molar-refractivity contribution in [3.05, 3.63) is 186 Å². The molecule has 7 heterocycles. The van der Waals surface area contributed by atoms with Gasteiger partial charge in [0, 0.05) is 76.3 Å². The van der Waals surface area contributed by atoms with E-state index in [4.69, 9.17) is 9.31 Å². The summed E-state index contributed by atoms with van der Waals surface area (Å²) in [5, 5.41) is 27.1. The van der Waals surface area contributed by atoms with E-state index in [1.54, 1.807) is 48.5 Å². The molecule has 30 heteroatoms. The highest BCUT2D eigenvalue weighted by atomic mass is 79.9. The molecule has 94 heavy (non-hydrogen) atoms. The van der Waals surface area contributed by atoms with Crippen LogP contribution in [0.1, 0.15) is 51.9 Å². The molecular weight excluding hydrogens is 1320 g/mol. The van der Waals surface area contributed by atoms with Crippen molar-refractivity contribution in [2.75, 3.05) is 47.4 Å². The molecule has 0 aliphatic carbocycles. The highest BCUT2D eigenvalue weighted by Crippen LogP contribution is 2.37. The number of hydrogen-bond donors (Lipinski definition) is 6. The lowest BCUT2D eigenvalue weighted by Crippen LogP contribution is -2.41. The molecule has 22 nitrogen and oxygen atoms in total. The molecule has 13 rings (SSSR count). The Bertz CT molecular complexity index is 4640. The van der Waals surface area contributed by atoms with Crippen molar-refractivity contribution < 1.29 is 53.3 Å². The zero-order chi connectivity index (χ0) is 66.5. The molecule has 0 spiro atoms. The summed E-state index contributed by atoms with van der Waals surface area (Å²) in [6.45, 7) is 8.08. The van der Waals surface area contributed by atoms with Crippen molar-refractivity contribution >= 4 is 117 Å². The fourth-order valence-electron chi connectivity index (χ4n) is 10.3. The highest BCUT2D eigenvalue weighted by Gasteiger charge is 2.52. The molecule has 2 amide bonds. The first-order chi connectivity index (χ1) is 44.8. The van der Waals surface area contributed by atoms with Crippen molar-refractivity contribution in [2.45, 2.75) is 86.7 Å². The number of halogens is 5. The quantitative estimate of drug-likeness (QED) is 0.0387. The molecule has 3 aliphatic rings. The number of nitrogens with one attached hydrogen (secondary N) is 6. The zero-order valence-electron chi connectivity index (χ0n) is 51.0. The van der Waals surface area contributed by atoms with Crippen molar-refractivity contribution in [3.63, 3.8) is 0 Å². The number of aromatic nitrogens is 8. The molecule has 4 aromatic heterocycles.